The van der Waals surface area contributed by atoms with Crippen LogP contribution in [0.2, 0.25) is 0 Å². The molecule has 2 aromatic carbocycles. The summed E-state index contributed by atoms with van der Waals surface area (Å²) in [4.78, 5) is 14.7. The number of benzene rings is 2. The third kappa shape index (κ3) is 5.51. The maximum absolute atomic E-state index is 12.3. The van der Waals surface area contributed by atoms with Crippen LogP contribution in [-0.2, 0) is 6.42 Å². The molecule has 1 fully saturated rings. The molecule has 1 heterocycles. The molecule has 1 saturated heterocycles. The Morgan fingerprint density at radius 2 is 1.81 bits per heavy atom. The van der Waals surface area contributed by atoms with E-state index in [4.69, 9.17) is 0 Å². The van der Waals surface area contributed by atoms with Crippen molar-refractivity contribution in [1.82, 2.24) is 5.32 Å². The Morgan fingerprint density at radius 3 is 2.58 bits per heavy atom. The molecule has 138 valence electrons. The number of hydrogen-bond donors (Lipinski definition) is 2. The highest BCUT2D eigenvalue weighted by atomic mass is 16.2. The molecule has 1 aliphatic heterocycles. The van der Waals surface area contributed by atoms with Gasteiger partial charge in [-0.05, 0) is 62.8 Å². The zero-order valence-electron chi connectivity index (χ0n) is 15.6. The minimum Gasteiger partial charge on any atom is -0.371 e. The average Bonchev–Trinajstić information content (AvgIpc) is 2.68. The second-order valence-electron chi connectivity index (χ2n) is 7.12. The van der Waals surface area contributed by atoms with Crippen LogP contribution in [0.4, 0.5) is 16.2 Å². The van der Waals surface area contributed by atoms with Crippen LogP contribution in [0.3, 0.4) is 0 Å². The molecule has 0 spiro atoms. The van der Waals surface area contributed by atoms with Crippen LogP contribution in [0.25, 0.3) is 0 Å². The van der Waals surface area contributed by atoms with E-state index in [1.165, 1.54) is 30.5 Å². The van der Waals surface area contributed by atoms with Crippen molar-refractivity contribution < 1.29 is 4.79 Å². The fourth-order valence-electron chi connectivity index (χ4n) is 3.42. The number of carbonyl (C=O) groups excluding carboxylic acids is 1. The second-order valence-corrected chi connectivity index (χ2v) is 7.12. The zero-order chi connectivity index (χ0) is 18.2. The van der Waals surface area contributed by atoms with Crippen molar-refractivity contribution >= 4 is 17.4 Å². The number of nitrogens with zero attached hydrogens (tertiary/aromatic N) is 1. The van der Waals surface area contributed by atoms with E-state index in [1.54, 1.807) is 0 Å². The van der Waals surface area contributed by atoms with Gasteiger partial charge in [0.2, 0.25) is 0 Å². The summed E-state index contributed by atoms with van der Waals surface area (Å²) < 4.78 is 0. The Kier molecular flexibility index (Phi) is 6.53. The van der Waals surface area contributed by atoms with Crippen molar-refractivity contribution in [2.24, 2.45) is 0 Å². The number of rotatable bonds is 6. The van der Waals surface area contributed by atoms with Crippen LogP contribution in [0.5, 0.6) is 0 Å². The first-order chi connectivity index (χ1) is 12.7. The number of nitrogens with one attached hydrogen (secondary N) is 2. The number of carbonyl (C=O) groups is 1. The van der Waals surface area contributed by atoms with Crippen LogP contribution in [0.1, 0.15) is 38.2 Å². The average molecular weight is 351 g/mol. The molecule has 4 nitrogen and oxygen atoms in total. The minimum atomic E-state index is -0.138. The number of amides is 2. The number of anilines is 2. The van der Waals surface area contributed by atoms with Gasteiger partial charge in [0.25, 0.3) is 0 Å². The molecule has 1 atom stereocenters. The molecule has 2 aromatic rings. The van der Waals surface area contributed by atoms with Gasteiger partial charge in [0, 0.05) is 30.5 Å². The van der Waals surface area contributed by atoms with Crippen LogP contribution >= 0.6 is 0 Å². The van der Waals surface area contributed by atoms with Crippen LogP contribution < -0.4 is 15.5 Å². The van der Waals surface area contributed by atoms with Crippen LogP contribution in [0, 0.1) is 0 Å². The summed E-state index contributed by atoms with van der Waals surface area (Å²) in [6.07, 6.45) is 5.70. The second kappa shape index (κ2) is 9.27. The fraction of sp³-hybridized carbons (Fsp3) is 0.409. The van der Waals surface area contributed by atoms with E-state index in [1.807, 2.05) is 25.1 Å². The first-order valence-electron chi connectivity index (χ1n) is 9.67. The van der Waals surface area contributed by atoms with Crippen molar-refractivity contribution in [3.63, 3.8) is 0 Å². The van der Waals surface area contributed by atoms with Gasteiger partial charge in [-0.2, -0.15) is 0 Å². The molecule has 3 rings (SSSR count). The van der Waals surface area contributed by atoms with Crippen molar-refractivity contribution in [3.8, 4) is 0 Å². The van der Waals surface area contributed by atoms with E-state index in [0.717, 1.165) is 31.6 Å². The lowest BCUT2D eigenvalue weighted by atomic mass is 10.1. The van der Waals surface area contributed by atoms with E-state index >= 15 is 0 Å². The van der Waals surface area contributed by atoms with Gasteiger partial charge in [0.15, 0.2) is 0 Å². The molecule has 2 amide bonds. The Hall–Kier alpha value is -2.49. The highest BCUT2D eigenvalue weighted by Crippen LogP contribution is 2.23. The lowest BCUT2D eigenvalue weighted by molar-refractivity contribution is 0.248. The molecular formula is C22H29N3O. The van der Waals surface area contributed by atoms with Gasteiger partial charge in [0.1, 0.15) is 0 Å². The fourth-order valence-corrected chi connectivity index (χ4v) is 3.42. The van der Waals surface area contributed by atoms with Gasteiger partial charge >= 0.3 is 6.03 Å². The predicted octanol–water partition coefficient (Wildman–Crippen LogP) is 4.82. The van der Waals surface area contributed by atoms with Crippen molar-refractivity contribution in [3.05, 3.63) is 60.2 Å². The summed E-state index contributed by atoms with van der Waals surface area (Å²) in [5, 5.41) is 6.01. The first kappa shape index (κ1) is 18.3. The molecule has 2 N–H and O–H groups in total. The lowest BCUT2D eigenvalue weighted by Crippen LogP contribution is -2.36. The van der Waals surface area contributed by atoms with E-state index in [-0.39, 0.29) is 12.1 Å². The summed E-state index contributed by atoms with van der Waals surface area (Å²) in [5.74, 6) is 0. The largest absolute Gasteiger partial charge is 0.371 e. The van der Waals surface area contributed by atoms with Gasteiger partial charge in [0.05, 0.1) is 0 Å². The predicted molar refractivity (Wildman–Crippen MR) is 109 cm³/mol. The number of urea groups is 1. The van der Waals surface area contributed by atoms with Gasteiger partial charge in [-0.25, -0.2) is 4.79 Å². The number of aryl methyl sites for hydroxylation is 1. The standard InChI is InChI=1S/C22H29N3O/c1-18(13-14-19-9-4-2-5-10-19)23-22(26)24-20-11-8-12-21(17-20)25-15-6-3-7-16-25/h2,4-5,8-12,17-18H,3,6-7,13-16H2,1H3,(H2,23,24,26). The highest BCUT2D eigenvalue weighted by Gasteiger charge is 2.12. The van der Waals surface area contributed by atoms with Crippen LogP contribution in [-0.4, -0.2) is 25.2 Å². The van der Waals surface area contributed by atoms with E-state index in [9.17, 15) is 4.79 Å². The summed E-state index contributed by atoms with van der Waals surface area (Å²) in [5.41, 5.74) is 3.34. The molecule has 4 heteroatoms. The van der Waals surface area contributed by atoms with Crippen molar-refractivity contribution in [2.75, 3.05) is 23.3 Å². The van der Waals surface area contributed by atoms with Crippen molar-refractivity contribution in [1.29, 1.82) is 0 Å². The van der Waals surface area contributed by atoms with Gasteiger partial charge in [-0.1, -0.05) is 36.4 Å². The van der Waals surface area contributed by atoms with Gasteiger partial charge < -0.3 is 15.5 Å². The molecule has 1 unspecified atom stereocenters. The third-order valence-corrected chi connectivity index (χ3v) is 4.91. The maximum atomic E-state index is 12.3. The quantitative estimate of drug-likeness (QED) is 0.784. The van der Waals surface area contributed by atoms with E-state index in [0.29, 0.717) is 0 Å². The third-order valence-electron chi connectivity index (χ3n) is 4.91. The molecule has 26 heavy (non-hydrogen) atoms. The SMILES string of the molecule is CC(CCc1ccccc1)NC(=O)Nc1cccc(N2CCCCC2)c1. The molecule has 0 saturated carbocycles. The summed E-state index contributed by atoms with van der Waals surface area (Å²) in [6, 6.07) is 18.5. The highest BCUT2D eigenvalue weighted by molar-refractivity contribution is 5.90. The van der Waals surface area contributed by atoms with E-state index in [2.05, 4.69) is 51.9 Å². The van der Waals surface area contributed by atoms with Gasteiger partial charge in [-0.3, -0.25) is 0 Å². The summed E-state index contributed by atoms with van der Waals surface area (Å²) in [7, 11) is 0. The molecule has 1 aliphatic rings. The molecular weight excluding hydrogens is 322 g/mol. The normalized spacial score (nSPS) is 15.3. The monoisotopic (exact) mass is 351 g/mol. The molecule has 0 bridgehead atoms. The van der Waals surface area contributed by atoms with E-state index < -0.39 is 0 Å². The summed E-state index contributed by atoms with van der Waals surface area (Å²) >= 11 is 0. The smallest absolute Gasteiger partial charge is 0.319 e. The number of piperidine rings is 1. The van der Waals surface area contributed by atoms with Crippen molar-refractivity contribution in [2.45, 2.75) is 45.1 Å². The Morgan fingerprint density at radius 1 is 1.04 bits per heavy atom. The topological polar surface area (TPSA) is 44.4 Å². The molecule has 0 aromatic heterocycles. The lowest BCUT2D eigenvalue weighted by Gasteiger charge is -2.29. The van der Waals surface area contributed by atoms with Gasteiger partial charge in [-0.15, -0.1) is 0 Å². The number of hydrogen-bond acceptors (Lipinski definition) is 2. The molecule has 0 aliphatic carbocycles. The Bertz CT molecular complexity index is 696. The molecule has 0 radical (unpaired) electrons. The summed E-state index contributed by atoms with van der Waals surface area (Å²) in [6.45, 7) is 4.25. The first-order valence-corrected chi connectivity index (χ1v) is 9.67. The Labute approximate surface area is 156 Å². The zero-order valence-corrected chi connectivity index (χ0v) is 15.6. The Balaban J connectivity index is 1.48. The maximum Gasteiger partial charge on any atom is 0.319 e. The minimum absolute atomic E-state index is 0.125. The van der Waals surface area contributed by atoms with Crippen LogP contribution in [0.15, 0.2) is 54.6 Å².